The summed E-state index contributed by atoms with van der Waals surface area (Å²) in [6, 6.07) is 7.39. The van der Waals surface area contributed by atoms with Crippen molar-refractivity contribution >= 4 is 27.2 Å². The highest BCUT2D eigenvalue weighted by atomic mass is 32.3. The molecule has 8 heteroatoms. The number of nitrogens with one attached hydrogen (secondary N) is 1. The number of fused-ring (bicyclic) bond motifs is 1. The van der Waals surface area contributed by atoms with Gasteiger partial charge in [-0.3, -0.25) is 4.79 Å². The van der Waals surface area contributed by atoms with Crippen molar-refractivity contribution in [2.24, 2.45) is 0 Å². The van der Waals surface area contributed by atoms with Crippen molar-refractivity contribution in [1.29, 1.82) is 0 Å². The molecular weight excluding hydrogens is 285 g/mol. The predicted octanol–water partition coefficient (Wildman–Crippen LogP) is 0.963. The second-order valence-corrected chi connectivity index (χ2v) is 6.39. The third kappa shape index (κ3) is 2.38. The normalized spacial score (nSPS) is 19.9. The predicted molar refractivity (Wildman–Crippen MR) is 69.9 cm³/mol. The second-order valence-electron chi connectivity index (χ2n) is 4.78. The molecule has 0 spiro atoms. The van der Waals surface area contributed by atoms with E-state index in [1.54, 1.807) is 0 Å². The van der Waals surface area contributed by atoms with Crippen LogP contribution in [-0.2, 0) is 21.6 Å². The van der Waals surface area contributed by atoms with Crippen LogP contribution < -0.4 is 0 Å². The van der Waals surface area contributed by atoms with E-state index in [-0.39, 0.29) is 25.4 Å². The van der Waals surface area contributed by atoms with Gasteiger partial charge in [0.2, 0.25) is 5.91 Å². The van der Waals surface area contributed by atoms with E-state index in [0.717, 1.165) is 11.0 Å². The fraction of sp³-hybridized carbons (Fsp3) is 0.333. The minimum atomic E-state index is -4.68. The topological polar surface area (TPSA) is 83.1 Å². The molecule has 3 rings (SSSR count). The molecule has 1 aromatic carbocycles. The van der Waals surface area contributed by atoms with E-state index in [0.29, 0.717) is 5.82 Å². The van der Waals surface area contributed by atoms with Crippen LogP contribution in [0.2, 0.25) is 0 Å². The van der Waals surface area contributed by atoms with E-state index in [4.69, 9.17) is 0 Å². The number of H-pyrrole nitrogens is 1. The summed E-state index contributed by atoms with van der Waals surface area (Å²) in [5, 5.41) is -1.26. The van der Waals surface area contributed by atoms with Crippen molar-refractivity contribution < 1.29 is 17.1 Å². The van der Waals surface area contributed by atoms with E-state index in [1.165, 1.54) is 4.90 Å². The molecule has 1 amide bonds. The Morgan fingerprint density at radius 2 is 2.15 bits per heavy atom. The summed E-state index contributed by atoms with van der Waals surface area (Å²) >= 11 is 0. The van der Waals surface area contributed by atoms with Gasteiger partial charge in [-0.15, -0.1) is 3.89 Å². The highest BCUT2D eigenvalue weighted by molar-refractivity contribution is 7.87. The maximum atomic E-state index is 12.9. The molecule has 0 bridgehead atoms. The van der Waals surface area contributed by atoms with E-state index in [9.17, 15) is 17.1 Å². The van der Waals surface area contributed by atoms with Crippen LogP contribution >= 0.6 is 0 Å². The fourth-order valence-corrected chi connectivity index (χ4v) is 3.04. The Morgan fingerprint density at radius 1 is 1.40 bits per heavy atom. The summed E-state index contributed by atoms with van der Waals surface area (Å²) in [5.41, 5.74) is 1.60. The van der Waals surface area contributed by atoms with Crippen LogP contribution in [0, 0.1) is 0 Å². The standard InChI is InChI=1S/C12H12FN3O3S/c13-20(18,19)8-5-12(17)16(6-8)7-11-14-9-3-1-2-4-10(9)15-11/h1-4,8H,5-7H2,(H,14,15). The summed E-state index contributed by atoms with van der Waals surface area (Å²) in [6.45, 7) is 0.0221. The molecule has 1 atom stereocenters. The lowest BCUT2D eigenvalue weighted by atomic mass is 10.3. The first kappa shape index (κ1) is 13.0. The molecular formula is C12H12FN3O3S. The molecule has 1 fully saturated rings. The van der Waals surface area contributed by atoms with Crippen LogP contribution in [0.25, 0.3) is 11.0 Å². The number of nitrogens with zero attached hydrogens (tertiary/aromatic N) is 2. The van der Waals surface area contributed by atoms with Crippen LogP contribution in [0.5, 0.6) is 0 Å². The number of amides is 1. The number of imidazole rings is 1. The molecule has 1 saturated heterocycles. The smallest absolute Gasteiger partial charge is 0.307 e. The molecule has 0 radical (unpaired) electrons. The molecule has 6 nitrogen and oxygen atoms in total. The largest absolute Gasteiger partial charge is 0.340 e. The summed E-state index contributed by atoms with van der Waals surface area (Å²) in [4.78, 5) is 20.4. The zero-order valence-electron chi connectivity index (χ0n) is 10.4. The monoisotopic (exact) mass is 297 g/mol. The fourth-order valence-electron chi connectivity index (χ4n) is 2.34. The van der Waals surface area contributed by atoms with Gasteiger partial charge >= 0.3 is 10.2 Å². The molecule has 1 unspecified atom stereocenters. The molecule has 1 aromatic heterocycles. The molecule has 2 aromatic rings. The number of rotatable bonds is 3. The zero-order valence-corrected chi connectivity index (χ0v) is 11.2. The molecule has 20 heavy (non-hydrogen) atoms. The molecule has 1 aliphatic heterocycles. The Balaban J connectivity index is 1.79. The maximum absolute atomic E-state index is 12.9. The van der Waals surface area contributed by atoms with E-state index in [2.05, 4.69) is 9.97 Å². The minimum Gasteiger partial charge on any atom is -0.340 e. The number of hydrogen-bond acceptors (Lipinski definition) is 4. The Bertz CT molecular complexity index is 738. The number of halogens is 1. The molecule has 106 valence electrons. The Morgan fingerprint density at radius 3 is 2.80 bits per heavy atom. The van der Waals surface area contributed by atoms with Crippen LogP contribution in [0.4, 0.5) is 3.89 Å². The van der Waals surface area contributed by atoms with Gasteiger partial charge in [0.15, 0.2) is 0 Å². The first-order valence-corrected chi connectivity index (χ1v) is 7.53. The molecule has 1 N–H and O–H groups in total. The van der Waals surface area contributed by atoms with Crippen molar-refractivity contribution in [2.75, 3.05) is 6.54 Å². The summed E-state index contributed by atoms with van der Waals surface area (Å²) in [6.07, 6.45) is -0.306. The highest BCUT2D eigenvalue weighted by Crippen LogP contribution is 2.21. The quantitative estimate of drug-likeness (QED) is 0.855. The zero-order chi connectivity index (χ0) is 14.3. The maximum Gasteiger partial charge on any atom is 0.307 e. The van der Waals surface area contributed by atoms with Gasteiger partial charge < -0.3 is 9.88 Å². The van der Waals surface area contributed by atoms with Gasteiger partial charge in [-0.2, -0.15) is 8.42 Å². The highest BCUT2D eigenvalue weighted by Gasteiger charge is 2.38. The van der Waals surface area contributed by atoms with Gasteiger partial charge in [-0.1, -0.05) is 12.1 Å². The van der Waals surface area contributed by atoms with E-state index in [1.807, 2.05) is 24.3 Å². The van der Waals surface area contributed by atoms with Gasteiger partial charge in [0.25, 0.3) is 0 Å². The number of hydrogen-bond donors (Lipinski definition) is 1. The third-order valence-corrected chi connectivity index (χ3v) is 4.47. The van der Waals surface area contributed by atoms with Crippen LogP contribution in [-0.4, -0.2) is 41.0 Å². The first-order valence-electron chi connectivity index (χ1n) is 6.08. The Kier molecular flexibility index (Phi) is 2.97. The van der Waals surface area contributed by atoms with Gasteiger partial charge in [0.05, 0.1) is 17.6 Å². The number of para-hydroxylation sites is 2. The number of benzene rings is 1. The molecule has 2 heterocycles. The van der Waals surface area contributed by atoms with Gasteiger partial charge in [0.1, 0.15) is 11.1 Å². The lowest BCUT2D eigenvalue weighted by Crippen LogP contribution is -2.27. The molecule has 0 saturated carbocycles. The second kappa shape index (κ2) is 4.55. The summed E-state index contributed by atoms with van der Waals surface area (Å²) < 4.78 is 34.6. The third-order valence-electron chi connectivity index (χ3n) is 3.36. The summed E-state index contributed by atoms with van der Waals surface area (Å²) in [7, 11) is -4.68. The number of likely N-dealkylation sites (tertiary alicyclic amines) is 1. The Hall–Kier alpha value is -1.96. The van der Waals surface area contributed by atoms with Crippen molar-refractivity contribution in [3.63, 3.8) is 0 Å². The van der Waals surface area contributed by atoms with Crippen molar-refractivity contribution in [2.45, 2.75) is 18.2 Å². The molecule has 0 aliphatic carbocycles. The van der Waals surface area contributed by atoms with E-state index < -0.39 is 15.5 Å². The van der Waals surface area contributed by atoms with Crippen molar-refractivity contribution in [3.8, 4) is 0 Å². The van der Waals surface area contributed by atoms with Gasteiger partial charge in [-0.05, 0) is 12.1 Å². The summed E-state index contributed by atoms with van der Waals surface area (Å²) in [5.74, 6) is 0.174. The average molecular weight is 297 g/mol. The molecule has 1 aliphatic rings. The number of carbonyl (C=O) groups excluding carboxylic acids is 1. The SMILES string of the molecule is O=C1CC(S(=O)(=O)F)CN1Cc1nc2ccccc2[nH]1. The van der Waals surface area contributed by atoms with Crippen molar-refractivity contribution in [1.82, 2.24) is 14.9 Å². The van der Waals surface area contributed by atoms with Crippen molar-refractivity contribution in [3.05, 3.63) is 30.1 Å². The Labute approximate surface area is 114 Å². The van der Waals surface area contributed by atoms with Gasteiger partial charge in [0, 0.05) is 13.0 Å². The first-order chi connectivity index (χ1) is 9.43. The lowest BCUT2D eigenvalue weighted by molar-refractivity contribution is -0.128. The van der Waals surface area contributed by atoms with Crippen LogP contribution in [0.15, 0.2) is 24.3 Å². The lowest BCUT2D eigenvalue weighted by Gasteiger charge is -2.13. The van der Waals surface area contributed by atoms with Gasteiger partial charge in [-0.25, -0.2) is 4.98 Å². The number of aromatic amines is 1. The van der Waals surface area contributed by atoms with Crippen LogP contribution in [0.1, 0.15) is 12.2 Å². The number of aromatic nitrogens is 2. The minimum absolute atomic E-state index is 0.130. The van der Waals surface area contributed by atoms with E-state index >= 15 is 0 Å². The average Bonchev–Trinajstić information content (AvgIpc) is 2.93. The number of carbonyl (C=O) groups is 1. The van der Waals surface area contributed by atoms with Crippen LogP contribution in [0.3, 0.4) is 0 Å².